The number of rotatable bonds is 6. The van der Waals surface area contributed by atoms with Crippen molar-refractivity contribution in [3.8, 4) is 0 Å². The molecule has 0 aliphatic carbocycles. The van der Waals surface area contributed by atoms with Gasteiger partial charge in [0.15, 0.2) is 6.10 Å². The molecule has 0 aromatic heterocycles. The first-order valence-electron chi connectivity index (χ1n) is 5.31. The Bertz CT molecular complexity index is 290. The molecular weight excluding hydrogens is 248 g/mol. The van der Waals surface area contributed by atoms with E-state index in [1.54, 1.807) is 0 Å². The van der Waals surface area contributed by atoms with Crippen molar-refractivity contribution >= 4 is 11.9 Å². The summed E-state index contributed by atoms with van der Waals surface area (Å²) in [5.41, 5.74) is 0. The predicted octanol–water partition coefficient (Wildman–Crippen LogP) is -2.85. The smallest absolute Gasteiger partial charge is 0.345 e. The molecule has 0 aliphatic rings. The Morgan fingerprint density at radius 1 is 1.00 bits per heavy atom. The van der Waals surface area contributed by atoms with Crippen LogP contribution in [0.3, 0.4) is 0 Å². The summed E-state index contributed by atoms with van der Waals surface area (Å²) in [7, 11) is 0. The van der Waals surface area contributed by atoms with Crippen LogP contribution in [0.15, 0.2) is 0 Å². The highest BCUT2D eigenvalue weighted by molar-refractivity contribution is 5.88. The number of carbonyl (C=O) groups is 2. The number of esters is 2. The maximum atomic E-state index is 11.2. The van der Waals surface area contributed by atoms with Crippen molar-refractivity contribution < 1.29 is 39.9 Å². The van der Waals surface area contributed by atoms with Crippen molar-refractivity contribution in [3.63, 3.8) is 0 Å². The molecule has 0 aliphatic heterocycles. The molecule has 0 aromatic rings. The van der Waals surface area contributed by atoms with E-state index < -0.39 is 48.9 Å². The molecule has 0 fully saturated rings. The molecule has 0 bridgehead atoms. The van der Waals surface area contributed by atoms with Crippen LogP contribution in [-0.2, 0) is 14.3 Å². The topological polar surface area (TPSA) is 145 Å². The van der Waals surface area contributed by atoms with Crippen LogP contribution < -0.4 is 0 Å². The average Bonchev–Trinajstić information content (AvgIpc) is 2.34. The number of hydrogen-bond donors (Lipinski definition) is 5. The summed E-state index contributed by atoms with van der Waals surface area (Å²) >= 11 is 0. The fraction of sp³-hybridized carbons (Fsp3) is 0.800. The van der Waals surface area contributed by atoms with E-state index in [1.807, 2.05) is 0 Å². The van der Waals surface area contributed by atoms with Crippen molar-refractivity contribution in [1.82, 2.24) is 0 Å². The Labute approximate surface area is 103 Å². The second-order valence-electron chi connectivity index (χ2n) is 4.07. The molecule has 0 unspecified atom stereocenters. The lowest BCUT2D eigenvalue weighted by Gasteiger charge is -2.24. The lowest BCUT2D eigenvalue weighted by molar-refractivity contribution is -0.178. The standard InChI is InChI=1S/C10H18O8/c1-4(2)9(16)18-10(17)8(15)7(14)6(13)5(12)3-11/h4-8,11-15H,3H2,1-2H3/t5-,6-,7+,8-/m1/s1. The van der Waals surface area contributed by atoms with Crippen molar-refractivity contribution in [2.45, 2.75) is 38.3 Å². The largest absolute Gasteiger partial charge is 0.394 e. The Balaban J connectivity index is 4.50. The van der Waals surface area contributed by atoms with Crippen molar-refractivity contribution in [2.24, 2.45) is 5.92 Å². The fourth-order valence-corrected chi connectivity index (χ4v) is 0.939. The lowest BCUT2D eigenvalue weighted by atomic mass is 10.0. The van der Waals surface area contributed by atoms with Crippen LogP contribution in [0.25, 0.3) is 0 Å². The molecule has 0 amide bonds. The van der Waals surface area contributed by atoms with Gasteiger partial charge in [-0.1, -0.05) is 13.8 Å². The fourth-order valence-electron chi connectivity index (χ4n) is 0.939. The molecule has 18 heavy (non-hydrogen) atoms. The first-order chi connectivity index (χ1) is 8.22. The van der Waals surface area contributed by atoms with Crippen LogP contribution in [0.2, 0.25) is 0 Å². The molecule has 0 aromatic carbocycles. The maximum Gasteiger partial charge on any atom is 0.345 e. The zero-order valence-corrected chi connectivity index (χ0v) is 10.1. The van der Waals surface area contributed by atoms with Gasteiger partial charge in [-0.05, 0) is 0 Å². The minimum absolute atomic E-state index is 0.605. The monoisotopic (exact) mass is 266 g/mol. The van der Waals surface area contributed by atoms with Gasteiger partial charge in [-0.3, -0.25) is 4.79 Å². The zero-order valence-electron chi connectivity index (χ0n) is 10.1. The zero-order chi connectivity index (χ0) is 14.5. The van der Waals surface area contributed by atoms with Crippen molar-refractivity contribution in [1.29, 1.82) is 0 Å². The summed E-state index contributed by atoms with van der Waals surface area (Å²) in [5, 5.41) is 45.4. The van der Waals surface area contributed by atoms with Crippen LogP contribution in [0.4, 0.5) is 0 Å². The van der Waals surface area contributed by atoms with Crippen LogP contribution in [0.5, 0.6) is 0 Å². The first-order valence-corrected chi connectivity index (χ1v) is 5.31. The SMILES string of the molecule is CC(C)C(=O)OC(=O)[C@H](O)[C@@H](O)[C@H](O)[C@H](O)CO. The number of carbonyl (C=O) groups excluding carboxylic acids is 2. The maximum absolute atomic E-state index is 11.2. The molecule has 0 rings (SSSR count). The van der Waals surface area contributed by atoms with Gasteiger partial charge in [-0.15, -0.1) is 0 Å². The van der Waals surface area contributed by atoms with Crippen molar-refractivity contribution in [3.05, 3.63) is 0 Å². The van der Waals surface area contributed by atoms with Gasteiger partial charge in [-0.2, -0.15) is 0 Å². The van der Waals surface area contributed by atoms with E-state index in [9.17, 15) is 24.9 Å². The normalized spacial score (nSPS) is 18.0. The number of aliphatic hydroxyl groups is 5. The molecule has 0 spiro atoms. The highest BCUT2D eigenvalue weighted by Gasteiger charge is 2.36. The number of hydrogen-bond acceptors (Lipinski definition) is 8. The van der Waals surface area contributed by atoms with E-state index in [0.717, 1.165) is 0 Å². The highest BCUT2D eigenvalue weighted by Crippen LogP contribution is 2.08. The Morgan fingerprint density at radius 3 is 1.89 bits per heavy atom. The highest BCUT2D eigenvalue weighted by atomic mass is 16.6. The third-order valence-electron chi connectivity index (χ3n) is 2.17. The minimum Gasteiger partial charge on any atom is -0.394 e. The number of aliphatic hydroxyl groups excluding tert-OH is 5. The van der Waals surface area contributed by atoms with Gasteiger partial charge in [0.2, 0.25) is 0 Å². The van der Waals surface area contributed by atoms with Gasteiger partial charge in [0.1, 0.15) is 18.3 Å². The Hall–Kier alpha value is -1.06. The van der Waals surface area contributed by atoms with Gasteiger partial charge in [0.05, 0.1) is 12.5 Å². The summed E-state index contributed by atoms with van der Waals surface area (Å²) in [6, 6.07) is 0. The molecule has 0 saturated carbocycles. The molecule has 106 valence electrons. The minimum atomic E-state index is -2.20. The molecule has 0 heterocycles. The number of ether oxygens (including phenoxy) is 1. The molecule has 0 saturated heterocycles. The van der Waals surface area contributed by atoms with Crippen LogP contribution in [0.1, 0.15) is 13.8 Å². The summed E-state index contributed by atoms with van der Waals surface area (Å²) in [4.78, 5) is 22.3. The molecule has 8 nitrogen and oxygen atoms in total. The van der Waals surface area contributed by atoms with E-state index >= 15 is 0 Å². The average molecular weight is 266 g/mol. The van der Waals surface area contributed by atoms with E-state index in [-0.39, 0.29) is 0 Å². The molecule has 8 heteroatoms. The first kappa shape index (κ1) is 16.9. The van der Waals surface area contributed by atoms with Crippen LogP contribution >= 0.6 is 0 Å². The van der Waals surface area contributed by atoms with E-state index in [1.165, 1.54) is 13.8 Å². The third kappa shape index (κ3) is 4.67. The van der Waals surface area contributed by atoms with Gasteiger partial charge in [0, 0.05) is 0 Å². The van der Waals surface area contributed by atoms with Gasteiger partial charge in [0.25, 0.3) is 0 Å². The van der Waals surface area contributed by atoms with E-state index in [0.29, 0.717) is 0 Å². The third-order valence-corrected chi connectivity index (χ3v) is 2.17. The summed E-state index contributed by atoms with van der Waals surface area (Å²) in [5.74, 6) is -2.94. The van der Waals surface area contributed by atoms with Gasteiger partial charge < -0.3 is 30.3 Å². The predicted molar refractivity (Wildman–Crippen MR) is 57.1 cm³/mol. The second-order valence-corrected chi connectivity index (χ2v) is 4.07. The molecular formula is C10H18O8. The van der Waals surface area contributed by atoms with Gasteiger partial charge >= 0.3 is 11.9 Å². The Kier molecular flexibility index (Phi) is 6.96. The summed E-state index contributed by atoms with van der Waals surface area (Å²) < 4.78 is 4.22. The molecule has 5 N–H and O–H groups in total. The summed E-state index contributed by atoms with van der Waals surface area (Å²) in [6.07, 6.45) is -7.97. The van der Waals surface area contributed by atoms with E-state index in [4.69, 9.17) is 10.2 Å². The van der Waals surface area contributed by atoms with Crippen LogP contribution in [-0.4, -0.2) is 68.5 Å². The van der Waals surface area contributed by atoms with Crippen molar-refractivity contribution in [2.75, 3.05) is 6.61 Å². The quantitative estimate of drug-likeness (QED) is 0.255. The molecule has 0 radical (unpaired) electrons. The lowest BCUT2D eigenvalue weighted by Crippen LogP contribution is -2.49. The van der Waals surface area contributed by atoms with Crippen LogP contribution in [0, 0.1) is 5.92 Å². The Morgan fingerprint density at radius 2 is 1.50 bits per heavy atom. The molecule has 4 atom stereocenters. The van der Waals surface area contributed by atoms with E-state index in [2.05, 4.69) is 4.74 Å². The second kappa shape index (κ2) is 7.39. The van der Waals surface area contributed by atoms with Gasteiger partial charge in [-0.25, -0.2) is 4.79 Å². The summed E-state index contributed by atoms with van der Waals surface area (Å²) in [6.45, 7) is 2.05.